The number of halogens is 2. The van der Waals surface area contributed by atoms with Gasteiger partial charge in [0.1, 0.15) is 11.6 Å². The van der Waals surface area contributed by atoms with E-state index in [9.17, 15) is 19.0 Å². The maximum absolute atomic E-state index is 14.1. The number of aromatic nitrogens is 4. The molecule has 54 heavy (non-hydrogen) atoms. The van der Waals surface area contributed by atoms with Gasteiger partial charge >= 0.3 is 0 Å². The van der Waals surface area contributed by atoms with Gasteiger partial charge in [0.15, 0.2) is 0 Å². The molecule has 0 radical (unpaired) electrons. The summed E-state index contributed by atoms with van der Waals surface area (Å²) < 4.78 is 32.3. The molecule has 4 heterocycles. The maximum Gasteiger partial charge on any atom is 0.126 e. The maximum atomic E-state index is 14.1. The fourth-order valence-corrected chi connectivity index (χ4v) is 9.78. The molecule has 4 aliphatic carbocycles. The van der Waals surface area contributed by atoms with E-state index < -0.39 is 12.2 Å². The van der Waals surface area contributed by atoms with E-state index in [4.69, 9.17) is 0 Å². The quantitative estimate of drug-likeness (QED) is 0.164. The highest BCUT2D eigenvalue weighted by atomic mass is 19.1. The Balaban J connectivity index is 0.000000142. The van der Waals surface area contributed by atoms with Gasteiger partial charge < -0.3 is 19.0 Å². The van der Waals surface area contributed by atoms with Crippen molar-refractivity contribution in [1.82, 2.24) is 18.8 Å². The van der Waals surface area contributed by atoms with E-state index in [0.717, 1.165) is 84.7 Å². The first-order valence-electron chi connectivity index (χ1n) is 20.2. The van der Waals surface area contributed by atoms with Gasteiger partial charge in [0.2, 0.25) is 0 Å². The van der Waals surface area contributed by atoms with Crippen LogP contribution in [0.3, 0.4) is 0 Å². The fourth-order valence-electron chi connectivity index (χ4n) is 9.78. The van der Waals surface area contributed by atoms with Crippen LogP contribution < -0.4 is 0 Å². The molecule has 2 atom stereocenters. The third-order valence-electron chi connectivity index (χ3n) is 13.1. The van der Waals surface area contributed by atoms with Crippen LogP contribution in [0.5, 0.6) is 0 Å². The highest BCUT2D eigenvalue weighted by molar-refractivity contribution is 5.60. The Labute approximate surface area is 315 Å². The third kappa shape index (κ3) is 6.99. The SMILES string of the molecule is O[C@@H](c1c(C2CC2)ccn2cncc12)C1CCC(c2ccccc2F)CC1.O[C@H](c1c(C2CC2)ccn2cncc12)C1CCC(c2ccccc2F)CC1. The average Bonchev–Trinajstić information content (AvgIpc) is 4.14. The first-order chi connectivity index (χ1) is 26.4. The molecule has 4 aliphatic rings. The topological polar surface area (TPSA) is 75.1 Å². The van der Waals surface area contributed by atoms with Gasteiger partial charge in [0.05, 0.1) is 48.3 Å². The van der Waals surface area contributed by atoms with Gasteiger partial charge in [-0.2, -0.15) is 0 Å². The molecule has 0 bridgehead atoms. The van der Waals surface area contributed by atoms with Crippen LogP contribution in [0, 0.1) is 23.5 Å². The van der Waals surface area contributed by atoms with Crippen molar-refractivity contribution in [2.75, 3.05) is 0 Å². The normalized spacial score (nSPS) is 24.2. The van der Waals surface area contributed by atoms with Crippen LogP contribution in [0.4, 0.5) is 8.78 Å². The van der Waals surface area contributed by atoms with E-state index in [2.05, 4.69) is 34.5 Å². The van der Waals surface area contributed by atoms with Crippen LogP contribution in [-0.4, -0.2) is 29.0 Å². The van der Waals surface area contributed by atoms with Crippen molar-refractivity contribution in [2.45, 2.75) is 113 Å². The first-order valence-corrected chi connectivity index (χ1v) is 20.2. The number of hydrogen-bond donors (Lipinski definition) is 2. The Morgan fingerprint density at radius 1 is 0.481 bits per heavy atom. The summed E-state index contributed by atoms with van der Waals surface area (Å²) >= 11 is 0. The smallest absolute Gasteiger partial charge is 0.126 e. The summed E-state index contributed by atoms with van der Waals surface area (Å²) in [6, 6.07) is 18.6. The number of aliphatic hydroxyl groups excluding tert-OH is 2. The Kier molecular flexibility index (Phi) is 9.83. The highest BCUT2D eigenvalue weighted by Crippen LogP contribution is 2.50. The van der Waals surface area contributed by atoms with Gasteiger partial charge in [-0.05, 0) is 159 Å². The largest absolute Gasteiger partial charge is 0.388 e. The number of fused-ring (bicyclic) bond motifs is 2. The van der Waals surface area contributed by atoms with E-state index in [1.165, 1.54) is 36.8 Å². The second kappa shape index (κ2) is 15.0. The second-order valence-electron chi connectivity index (χ2n) is 16.4. The van der Waals surface area contributed by atoms with Crippen molar-refractivity contribution in [3.8, 4) is 0 Å². The first kappa shape index (κ1) is 35.3. The third-order valence-corrected chi connectivity index (χ3v) is 13.1. The van der Waals surface area contributed by atoms with E-state index in [1.807, 2.05) is 45.5 Å². The molecule has 10 rings (SSSR count). The fraction of sp³-hybridized carbons (Fsp3) is 0.435. The molecular weight excluding hydrogens is 679 g/mol. The molecule has 6 nitrogen and oxygen atoms in total. The van der Waals surface area contributed by atoms with Crippen LogP contribution in [0.1, 0.15) is 146 Å². The molecule has 4 fully saturated rings. The number of hydrogen-bond acceptors (Lipinski definition) is 4. The number of imidazole rings is 2. The molecular formula is C46H50F2N4O2. The monoisotopic (exact) mass is 728 g/mol. The number of benzene rings is 2. The predicted molar refractivity (Wildman–Crippen MR) is 206 cm³/mol. The Bertz CT molecular complexity index is 2070. The molecule has 0 amide bonds. The van der Waals surface area contributed by atoms with Crippen molar-refractivity contribution in [1.29, 1.82) is 0 Å². The minimum Gasteiger partial charge on any atom is -0.388 e. The molecule has 2 N–H and O–H groups in total. The molecule has 0 spiro atoms. The average molecular weight is 729 g/mol. The lowest BCUT2D eigenvalue weighted by molar-refractivity contribution is 0.0806. The molecule has 4 aromatic heterocycles. The summed E-state index contributed by atoms with van der Waals surface area (Å²) in [5, 5.41) is 22.6. The van der Waals surface area contributed by atoms with Gasteiger partial charge in [-0.1, -0.05) is 36.4 Å². The summed E-state index contributed by atoms with van der Waals surface area (Å²) in [6.45, 7) is 0. The van der Waals surface area contributed by atoms with Gasteiger partial charge in [0, 0.05) is 23.5 Å². The Morgan fingerprint density at radius 3 is 1.20 bits per heavy atom. The van der Waals surface area contributed by atoms with Crippen LogP contribution >= 0.6 is 0 Å². The van der Waals surface area contributed by atoms with Crippen molar-refractivity contribution in [2.24, 2.45) is 11.8 Å². The minimum absolute atomic E-state index is 0.0958. The summed E-state index contributed by atoms with van der Waals surface area (Å²) in [4.78, 5) is 8.56. The van der Waals surface area contributed by atoms with Crippen molar-refractivity contribution < 1.29 is 19.0 Å². The van der Waals surface area contributed by atoms with Gasteiger partial charge in [-0.3, -0.25) is 0 Å². The van der Waals surface area contributed by atoms with E-state index in [-0.39, 0.29) is 35.3 Å². The molecule has 6 aromatic rings. The zero-order valence-electron chi connectivity index (χ0n) is 30.8. The minimum atomic E-state index is -0.470. The zero-order valence-corrected chi connectivity index (χ0v) is 30.8. The Morgan fingerprint density at radius 2 is 0.833 bits per heavy atom. The van der Waals surface area contributed by atoms with E-state index in [0.29, 0.717) is 11.8 Å². The molecule has 0 unspecified atom stereocenters. The van der Waals surface area contributed by atoms with Crippen molar-refractivity contribution in [3.63, 3.8) is 0 Å². The van der Waals surface area contributed by atoms with Gasteiger partial charge in [0.25, 0.3) is 0 Å². The molecule has 8 heteroatoms. The molecule has 2 aromatic carbocycles. The van der Waals surface area contributed by atoms with Crippen LogP contribution in [0.25, 0.3) is 11.0 Å². The molecule has 0 saturated heterocycles. The van der Waals surface area contributed by atoms with Crippen LogP contribution in [0.2, 0.25) is 0 Å². The van der Waals surface area contributed by atoms with Gasteiger partial charge in [-0.15, -0.1) is 0 Å². The van der Waals surface area contributed by atoms with Crippen LogP contribution in [-0.2, 0) is 0 Å². The molecule has 280 valence electrons. The lowest BCUT2D eigenvalue weighted by atomic mass is 9.74. The van der Waals surface area contributed by atoms with Crippen molar-refractivity contribution in [3.05, 3.63) is 143 Å². The summed E-state index contributed by atoms with van der Waals surface area (Å²) in [5.41, 5.74) is 8.48. The number of aliphatic hydroxyl groups is 2. The van der Waals surface area contributed by atoms with Gasteiger partial charge in [-0.25, -0.2) is 18.7 Å². The molecule has 4 saturated carbocycles. The zero-order chi connectivity index (χ0) is 36.8. The lowest BCUT2D eigenvalue weighted by Crippen LogP contribution is -2.21. The summed E-state index contributed by atoms with van der Waals surface area (Å²) in [6.07, 6.45) is 22.8. The Hall–Kier alpha value is -4.40. The lowest BCUT2D eigenvalue weighted by Gasteiger charge is -2.33. The second-order valence-corrected chi connectivity index (χ2v) is 16.4. The summed E-state index contributed by atoms with van der Waals surface area (Å²) in [5.74, 6) is 1.97. The predicted octanol–water partition coefficient (Wildman–Crippen LogP) is 10.7. The standard InChI is InChI=1S/2C23H25FN2O/c2*24-20-4-2-1-3-18(20)15-7-9-17(10-8-15)23(27)22-19(16-5-6-16)11-12-26-14-25-13-21(22)26/h2*1-4,11-17,23,27H,5-10H2/t2*15?,17?,23-/m10/s1. The van der Waals surface area contributed by atoms with E-state index >= 15 is 0 Å². The van der Waals surface area contributed by atoms with Crippen LogP contribution in [0.15, 0.2) is 98.1 Å². The number of nitrogens with zero attached hydrogens (tertiary/aromatic N) is 4. The number of rotatable bonds is 8. The summed E-state index contributed by atoms with van der Waals surface area (Å²) in [7, 11) is 0. The highest BCUT2D eigenvalue weighted by Gasteiger charge is 2.36. The molecule has 0 aliphatic heterocycles. The van der Waals surface area contributed by atoms with E-state index in [1.54, 1.807) is 36.9 Å². The number of pyridine rings is 2. The van der Waals surface area contributed by atoms with Crippen molar-refractivity contribution >= 4 is 11.0 Å².